The summed E-state index contributed by atoms with van der Waals surface area (Å²) in [6.45, 7) is 5.12. The summed E-state index contributed by atoms with van der Waals surface area (Å²) in [5.74, 6) is 2.34. The molecule has 0 N–H and O–H groups in total. The average molecular weight is 330 g/mol. The normalized spacial score (nSPS) is 35.9. The van der Waals surface area contributed by atoms with E-state index in [9.17, 15) is 0 Å². The zero-order valence-corrected chi connectivity index (χ0v) is 14.2. The quantitative estimate of drug-likeness (QED) is 0.845. The van der Waals surface area contributed by atoms with Crippen molar-refractivity contribution in [3.8, 4) is 5.88 Å². The molecule has 5 aliphatic rings. The second kappa shape index (κ2) is 5.85. The van der Waals surface area contributed by atoms with Gasteiger partial charge in [-0.05, 0) is 57.5 Å². The second-order valence-electron chi connectivity index (χ2n) is 7.83. The molecule has 0 radical (unpaired) electrons. The average Bonchev–Trinajstić information content (AvgIpc) is 3.27. The number of hydrogen-bond donors (Lipinski definition) is 0. The summed E-state index contributed by atoms with van der Waals surface area (Å²) < 4.78 is 12.4. The van der Waals surface area contributed by atoms with E-state index in [1.54, 1.807) is 6.33 Å². The Hall–Kier alpha value is -1.40. The molecule has 2 bridgehead atoms. The molecule has 1 spiro atoms. The summed E-state index contributed by atoms with van der Waals surface area (Å²) >= 11 is 0. The van der Waals surface area contributed by atoms with Gasteiger partial charge in [-0.2, -0.15) is 0 Å². The molecule has 1 atom stereocenters. The van der Waals surface area contributed by atoms with Crippen molar-refractivity contribution in [3.63, 3.8) is 0 Å². The Morgan fingerprint density at radius 2 is 1.92 bits per heavy atom. The first-order chi connectivity index (χ1) is 11.8. The number of aromatic nitrogens is 2. The third kappa shape index (κ3) is 2.56. The molecule has 4 saturated heterocycles. The minimum absolute atomic E-state index is 0.00786. The molecule has 1 saturated carbocycles. The van der Waals surface area contributed by atoms with Gasteiger partial charge in [0.2, 0.25) is 5.88 Å². The van der Waals surface area contributed by atoms with Crippen molar-refractivity contribution in [2.75, 3.05) is 37.8 Å². The first-order valence-corrected chi connectivity index (χ1v) is 9.41. The highest BCUT2D eigenvalue weighted by atomic mass is 16.5. The standard InChI is InChI=1S/C18H26N4O2/c1-2-4-15(3-1)24-17-9-16(19-12-20-17)22-11-18(23-13-22)10-21-7-5-14(18)6-8-21/h9,12,14-15H,1-8,10-11,13H2/t18-/m1/s1. The molecular weight excluding hydrogens is 304 g/mol. The molecule has 0 aromatic carbocycles. The SMILES string of the molecule is c1nc(OC2CCCC2)cc(N2CO[C@]3(CN4CCC3CC4)C2)n1. The Morgan fingerprint density at radius 3 is 2.67 bits per heavy atom. The Kier molecular flexibility index (Phi) is 3.63. The fourth-order valence-corrected chi connectivity index (χ4v) is 4.98. The molecule has 5 fully saturated rings. The van der Waals surface area contributed by atoms with Crippen LogP contribution >= 0.6 is 0 Å². The highest BCUT2D eigenvalue weighted by molar-refractivity contribution is 5.42. The molecule has 4 aliphatic heterocycles. The van der Waals surface area contributed by atoms with Crippen LogP contribution < -0.4 is 9.64 Å². The van der Waals surface area contributed by atoms with Crippen molar-refractivity contribution >= 4 is 5.82 Å². The number of rotatable bonds is 3. The maximum absolute atomic E-state index is 6.34. The molecule has 130 valence electrons. The summed E-state index contributed by atoms with van der Waals surface area (Å²) in [5.41, 5.74) is 0.00786. The Labute approximate surface area is 143 Å². The predicted octanol–water partition coefficient (Wildman–Crippen LogP) is 2.06. The topological polar surface area (TPSA) is 50.7 Å². The van der Waals surface area contributed by atoms with E-state index in [1.165, 1.54) is 38.8 Å². The van der Waals surface area contributed by atoms with Gasteiger partial charge >= 0.3 is 0 Å². The molecule has 5 heterocycles. The Balaban J connectivity index is 1.30. The largest absolute Gasteiger partial charge is 0.474 e. The van der Waals surface area contributed by atoms with E-state index in [4.69, 9.17) is 9.47 Å². The number of ether oxygens (including phenoxy) is 2. The molecule has 0 unspecified atom stereocenters. The van der Waals surface area contributed by atoms with Crippen LogP contribution in [0.3, 0.4) is 0 Å². The molecule has 24 heavy (non-hydrogen) atoms. The summed E-state index contributed by atoms with van der Waals surface area (Å²) in [6, 6.07) is 1.99. The van der Waals surface area contributed by atoms with Crippen molar-refractivity contribution in [3.05, 3.63) is 12.4 Å². The molecular formula is C18H26N4O2. The van der Waals surface area contributed by atoms with E-state index in [0.29, 0.717) is 24.6 Å². The lowest BCUT2D eigenvalue weighted by Gasteiger charge is -2.50. The van der Waals surface area contributed by atoms with Crippen LogP contribution in [0, 0.1) is 5.92 Å². The molecule has 6 nitrogen and oxygen atoms in total. The van der Waals surface area contributed by atoms with Gasteiger partial charge < -0.3 is 19.3 Å². The minimum Gasteiger partial charge on any atom is -0.474 e. The zero-order valence-electron chi connectivity index (χ0n) is 14.2. The van der Waals surface area contributed by atoms with Crippen molar-refractivity contribution in [1.82, 2.24) is 14.9 Å². The lowest BCUT2D eigenvalue weighted by molar-refractivity contribution is -0.116. The first-order valence-electron chi connectivity index (χ1n) is 9.41. The van der Waals surface area contributed by atoms with Gasteiger partial charge in [0.05, 0.1) is 6.54 Å². The van der Waals surface area contributed by atoms with Crippen molar-refractivity contribution in [1.29, 1.82) is 0 Å². The van der Waals surface area contributed by atoms with Gasteiger partial charge in [0.15, 0.2) is 0 Å². The van der Waals surface area contributed by atoms with Crippen molar-refractivity contribution in [2.45, 2.75) is 50.2 Å². The van der Waals surface area contributed by atoms with Gasteiger partial charge in [0.1, 0.15) is 30.6 Å². The van der Waals surface area contributed by atoms with Crippen LogP contribution in [0.15, 0.2) is 12.4 Å². The van der Waals surface area contributed by atoms with Crippen LogP contribution in [0.4, 0.5) is 5.82 Å². The number of piperidine rings is 3. The predicted molar refractivity (Wildman–Crippen MR) is 90.1 cm³/mol. The van der Waals surface area contributed by atoms with E-state index in [1.807, 2.05) is 6.07 Å². The maximum Gasteiger partial charge on any atom is 0.218 e. The molecule has 1 aromatic rings. The fourth-order valence-electron chi connectivity index (χ4n) is 4.98. The van der Waals surface area contributed by atoms with Gasteiger partial charge in [-0.15, -0.1) is 0 Å². The molecule has 1 aliphatic carbocycles. The van der Waals surface area contributed by atoms with E-state index in [-0.39, 0.29) is 5.60 Å². The number of nitrogens with zero attached hydrogens (tertiary/aromatic N) is 4. The van der Waals surface area contributed by atoms with Crippen molar-refractivity contribution in [2.24, 2.45) is 5.92 Å². The van der Waals surface area contributed by atoms with Gasteiger partial charge in [-0.1, -0.05) is 0 Å². The lowest BCUT2D eigenvalue weighted by atomic mass is 9.75. The van der Waals surface area contributed by atoms with Crippen LogP contribution in [0.2, 0.25) is 0 Å². The summed E-state index contributed by atoms with van der Waals surface area (Å²) in [4.78, 5) is 13.6. The van der Waals surface area contributed by atoms with Gasteiger partial charge in [0.25, 0.3) is 0 Å². The highest BCUT2D eigenvalue weighted by Gasteiger charge is 2.51. The van der Waals surface area contributed by atoms with Crippen molar-refractivity contribution < 1.29 is 9.47 Å². The van der Waals surface area contributed by atoms with Gasteiger partial charge in [0, 0.05) is 12.6 Å². The summed E-state index contributed by atoms with van der Waals surface area (Å²) in [5, 5.41) is 0. The second-order valence-corrected chi connectivity index (χ2v) is 7.83. The van der Waals surface area contributed by atoms with E-state index < -0.39 is 0 Å². The number of anilines is 1. The first kappa shape index (κ1) is 14.9. The Morgan fingerprint density at radius 1 is 1.08 bits per heavy atom. The zero-order chi connectivity index (χ0) is 16.0. The molecule has 6 rings (SSSR count). The lowest BCUT2D eigenvalue weighted by Crippen LogP contribution is -2.61. The smallest absolute Gasteiger partial charge is 0.218 e. The third-order valence-corrected chi connectivity index (χ3v) is 6.33. The molecule has 6 heteroatoms. The van der Waals surface area contributed by atoms with Crippen LogP contribution in [0.5, 0.6) is 5.88 Å². The van der Waals surface area contributed by atoms with E-state index in [2.05, 4.69) is 19.8 Å². The van der Waals surface area contributed by atoms with Gasteiger partial charge in [-0.25, -0.2) is 9.97 Å². The molecule has 1 aromatic heterocycles. The third-order valence-electron chi connectivity index (χ3n) is 6.33. The van der Waals surface area contributed by atoms with E-state index >= 15 is 0 Å². The maximum atomic E-state index is 6.34. The fraction of sp³-hybridized carbons (Fsp3) is 0.778. The minimum atomic E-state index is 0.00786. The van der Waals surface area contributed by atoms with Crippen LogP contribution in [0.25, 0.3) is 0 Å². The van der Waals surface area contributed by atoms with Crippen LogP contribution in [0.1, 0.15) is 38.5 Å². The van der Waals surface area contributed by atoms with Gasteiger partial charge in [-0.3, -0.25) is 0 Å². The van der Waals surface area contributed by atoms with E-state index in [0.717, 1.165) is 31.7 Å². The number of hydrogen-bond acceptors (Lipinski definition) is 6. The van der Waals surface area contributed by atoms with Crippen LogP contribution in [-0.2, 0) is 4.74 Å². The summed E-state index contributed by atoms with van der Waals surface area (Å²) in [6.07, 6.45) is 9.32. The highest BCUT2D eigenvalue weighted by Crippen LogP contribution is 2.42. The Bertz CT molecular complexity index is 598. The monoisotopic (exact) mass is 330 g/mol. The number of fused-ring (bicyclic) bond motifs is 2. The summed E-state index contributed by atoms with van der Waals surface area (Å²) in [7, 11) is 0. The molecule has 0 amide bonds. The van der Waals surface area contributed by atoms with Crippen LogP contribution in [-0.4, -0.2) is 59.5 Å².